The van der Waals surface area contributed by atoms with E-state index in [9.17, 15) is 4.79 Å². The van der Waals surface area contributed by atoms with Crippen LogP contribution in [-0.4, -0.2) is 65.3 Å². The number of nitrogens with zero attached hydrogens (tertiary/aromatic N) is 4. The van der Waals surface area contributed by atoms with E-state index in [1.54, 1.807) is 11.8 Å². The Kier molecular flexibility index (Phi) is 7.68. The van der Waals surface area contributed by atoms with Gasteiger partial charge in [-0.3, -0.25) is 9.69 Å². The summed E-state index contributed by atoms with van der Waals surface area (Å²) >= 11 is 6.27. The van der Waals surface area contributed by atoms with Crippen LogP contribution < -0.4 is 4.74 Å². The van der Waals surface area contributed by atoms with Gasteiger partial charge in [-0.05, 0) is 42.0 Å². The summed E-state index contributed by atoms with van der Waals surface area (Å²) in [4.78, 5) is 18.0. The highest BCUT2D eigenvalue weighted by molar-refractivity contribution is 6.30. The Balaban J connectivity index is 1.34. The number of aromatic nitrogens is 2. The minimum absolute atomic E-state index is 0.0406. The zero-order valence-electron chi connectivity index (χ0n) is 20.8. The second kappa shape index (κ2) is 11.5. The molecule has 0 spiro atoms. The highest BCUT2D eigenvalue weighted by atomic mass is 35.5. The lowest BCUT2D eigenvalue weighted by atomic mass is 10.1. The Morgan fingerprint density at radius 1 is 0.946 bits per heavy atom. The van der Waals surface area contributed by atoms with Gasteiger partial charge in [0.1, 0.15) is 11.4 Å². The molecule has 7 heteroatoms. The Hall–Kier alpha value is -3.87. The molecule has 1 fully saturated rings. The van der Waals surface area contributed by atoms with Gasteiger partial charge < -0.3 is 9.64 Å². The molecule has 0 saturated carbocycles. The number of ether oxygens (including phenoxy) is 1. The molecule has 188 valence electrons. The van der Waals surface area contributed by atoms with Crippen LogP contribution in [0.15, 0.2) is 91.0 Å². The fraction of sp³-hybridized carbons (Fsp3) is 0.200. The number of hydrogen-bond acceptors (Lipinski definition) is 4. The summed E-state index contributed by atoms with van der Waals surface area (Å²) in [5.74, 6) is 0.696. The summed E-state index contributed by atoms with van der Waals surface area (Å²) in [5, 5.41) is 5.39. The summed E-state index contributed by atoms with van der Waals surface area (Å²) in [5.41, 5.74) is 4.03. The first kappa shape index (κ1) is 24.8. The predicted molar refractivity (Wildman–Crippen MR) is 148 cm³/mol. The highest BCUT2D eigenvalue weighted by Gasteiger charge is 2.26. The SMILES string of the molecule is COc1cccc(-c2cc(C(=O)N3CCN(C/C=C/c4ccccc4)CC3)n(-c3cccc(Cl)c3)n2)c1. The molecule has 0 aliphatic carbocycles. The molecule has 1 aliphatic heterocycles. The van der Waals surface area contributed by atoms with Crippen molar-refractivity contribution in [3.05, 3.63) is 107 Å². The second-order valence-corrected chi connectivity index (χ2v) is 9.38. The smallest absolute Gasteiger partial charge is 0.272 e. The number of carbonyl (C=O) groups is 1. The van der Waals surface area contributed by atoms with E-state index in [-0.39, 0.29) is 5.91 Å². The number of carbonyl (C=O) groups excluding carboxylic acids is 1. The van der Waals surface area contributed by atoms with Crippen molar-refractivity contribution >= 4 is 23.6 Å². The van der Waals surface area contributed by atoms with Crippen LogP contribution in [0.4, 0.5) is 0 Å². The minimum atomic E-state index is -0.0406. The molecule has 0 bridgehead atoms. The van der Waals surface area contributed by atoms with E-state index in [0.717, 1.165) is 36.6 Å². The van der Waals surface area contributed by atoms with Crippen molar-refractivity contribution in [3.63, 3.8) is 0 Å². The van der Waals surface area contributed by atoms with Gasteiger partial charge in [0.05, 0.1) is 18.5 Å². The van der Waals surface area contributed by atoms with Crippen molar-refractivity contribution < 1.29 is 9.53 Å². The van der Waals surface area contributed by atoms with E-state index in [4.69, 9.17) is 21.4 Å². The maximum absolute atomic E-state index is 13.7. The average Bonchev–Trinajstić information content (AvgIpc) is 3.39. The van der Waals surface area contributed by atoms with Crippen LogP contribution in [0.3, 0.4) is 0 Å². The summed E-state index contributed by atoms with van der Waals surface area (Å²) in [6, 6.07) is 27.2. The quantitative estimate of drug-likeness (QED) is 0.320. The zero-order valence-corrected chi connectivity index (χ0v) is 21.5. The number of benzene rings is 3. The van der Waals surface area contributed by atoms with Gasteiger partial charge in [0.2, 0.25) is 0 Å². The Labute approximate surface area is 222 Å². The van der Waals surface area contributed by atoms with E-state index in [1.165, 1.54) is 5.56 Å². The van der Waals surface area contributed by atoms with Crippen molar-refractivity contribution in [1.29, 1.82) is 0 Å². The number of amides is 1. The molecule has 5 rings (SSSR count). The van der Waals surface area contributed by atoms with Crippen LogP contribution in [0.1, 0.15) is 16.1 Å². The number of methoxy groups -OCH3 is 1. The van der Waals surface area contributed by atoms with Crippen molar-refractivity contribution in [2.24, 2.45) is 0 Å². The van der Waals surface area contributed by atoms with Gasteiger partial charge in [0, 0.05) is 43.3 Å². The third-order valence-corrected chi connectivity index (χ3v) is 6.71. The Morgan fingerprint density at radius 2 is 1.73 bits per heavy atom. The number of rotatable bonds is 7. The lowest BCUT2D eigenvalue weighted by molar-refractivity contribution is 0.0641. The summed E-state index contributed by atoms with van der Waals surface area (Å²) < 4.78 is 7.08. The van der Waals surface area contributed by atoms with Crippen LogP contribution in [0.5, 0.6) is 5.75 Å². The molecule has 1 saturated heterocycles. The third kappa shape index (κ3) is 5.93. The lowest BCUT2D eigenvalue weighted by Gasteiger charge is -2.34. The molecule has 2 heterocycles. The molecular formula is C30H29ClN4O2. The van der Waals surface area contributed by atoms with E-state index >= 15 is 0 Å². The van der Waals surface area contributed by atoms with Gasteiger partial charge in [-0.15, -0.1) is 0 Å². The first-order chi connectivity index (χ1) is 18.1. The van der Waals surface area contributed by atoms with Crippen molar-refractivity contribution in [2.75, 3.05) is 39.8 Å². The molecule has 0 radical (unpaired) electrons. The topological polar surface area (TPSA) is 50.6 Å². The fourth-order valence-corrected chi connectivity index (χ4v) is 4.64. The van der Waals surface area contributed by atoms with Gasteiger partial charge in [0.25, 0.3) is 5.91 Å². The summed E-state index contributed by atoms with van der Waals surface area (Å²) in [7, 11) is 1.63. The third-order valence-electron chi connectivity index (χ3n) is 6.48. The van der Waals surface area contributed by atoms with Crippen LogP contribution in [0.25, 0.3) is 23.0 Å². The average molecular weight is 513 g/mol. The van der Waals surface area contributed by atoms with E-state index < -0.39 is 0 Å². The van der Waals surface area contributed by atoms with E-state index in [2.05, 4.69) is 29.2 Å². The van der Waals surface area contributed by atoms with Crippen molar-refractivity contribution in [2.45, 2.75) is 0 Å². The second-order valence-electron chi connectivity index (χ2n) is 8.94. The largest absolute Gasteiger partial charge is 0.497 e. The van der Waals surface area contributed by atoms with E-state index in [1.807, 2.05) is 77.7 Å². The molecule has 0 unspecified atom stereocenters. The van der Waals surface area contributed by atoms with E-state index in [0.29, 0.717) is 29.5 Å². The van der Waals surface area contributed by atoms with Gasteiger partial charge in [0.15, 0.2) is 0 Å². The van der Waals surface area contributed by atoms with Crippen molar-refractivity contribution in [1.82, 2.24) is 19.6 Å². The fourth-order valence-electron chi connectivity index (χ4n) is 4.46. The predicted octanol–water partition coefficient (Wildman–Crippen LogP) is 5.67. The van der Waals surface area contributed by atoms with Crippen LogP contribution in [-0.2, 0) is 0 Å². The normalized spacial score (nSPS) is 14.3. The molecule has 1 aromatic heterocycles. The highest BCUT2D eigenvalue weighted by Crippen LogP contribution is 2.27. The molecule has 1 aliphatic rings. The Morgan fingerprint density at radius 3 is 2.49 bits per heavy atom. The van der Waals surface area contributed by atoms with Crippen LogP contribution in [0, 0.1) is 0 Å². The maximum atomic E-state index is 13.7. The molecule has 4 aromatic rings. The molecule has 0 atom stereocenters. The summed E-state index contributed by atoms with van der Waals surface area (Å²) in [6.45, 7) is 3.82. The van der Waals surface area contributed by atoms with Crippen LogP contribution >= 0.6 is 11.6 Å². The first-order valence-electron chi connectivity index (χ1n) is 12.3. The number of piperazine rings is 1. The molecule has 37 heavy (non-hydrogen) atoms. The first-order valence-corrected chi connectivity index (χ1v) is 12.7. The van der Waals surface area contributed by atoms with Gasteiger partial charge in [-0.1, -0.05) is 72.3 Å². The Bertz CT molecular complexity index is 1390. The minimum Gasteiger partial charge on any atom is -0.497 e. The maximum Gasteiger partial charge on any atom is 0.272 e. The molecule has 0 N–H and O–H groups in total. The van der Waals surface area contributed by atoms with Crippen molar-refractivity contribution in [3.8, 4) is 22.7 Å². The standard InChI is InChI=1S/C30H29ClN4O2/c1-37-27-14-5-11-24(20-27)28-22-29(35(32-28)26-13-6-12-25(31)21-26)30(36)34-18-16-33(17-19-34)15-7-10-23-8-3-2-4-9-23/h2-14,20-22H,15-19H2,1H3/b10-7+. The number of hydrogen-bond donors (Lipinski definition) is 0. The molecule has 3 aromatic carbocycles. The monoisotopic (exact) mass is 512 g/mol. The zero-order chi connectivity index (χ0) is 25.6. The number of halogens is 1. The summed E-state index contributed by atoms with van der Waals surface area (Å²) in [6.07, 6.45) is 4.32. The molecular weight excluding hydrogens is 484 g/mol. The molecule has 6 nitrogen and oxygen atoms in total. The van der Waals surface area contributed by atoms with Gasteiger partial charge in [-0.2, -0.15) is 5.10 Å². The van der Waals surface area contributed by atoms with Gasteiger partial charge in [-0.25, -0.2) is 4.68 Å². The molecule has 1 amide bonds. The van der Waals surface area contributed by atoms with Crippen LogP contribution in [0.2, 0.25) is 5.02 Å². The van der Waals surface area contributed by atoms with Gasteiger partial charge >= 0.3 is 0 Å². The lowest BCUT2D eigenvalue weighted by Crippen LogP contribution is -2.49.